The van der Waals surface area contributed by atoms with E-state index >= 15 is 0 Å². The molecule has 28 heavy (non-hydrogen) atoms. The molecule has 0 radical (unpaired) electrons. The van der Waals surface area contributed by atoms with Crippen LogP contribution < -0.4 is 18.9 Å². The first kappa shape index (κ1) is 19.6. The number of methoxy groups -OCH3 is 4. The molecule has 0 atom stereocenters. The fourth-order valence-electron chi connectivity index (χ4n) is 2.56. The van der Waals surface area contributed by atoms with Gasteiger partial charge in [-0.15, -0.1) is 0 Å². The van der Waals surface area contributed by atoms with E-state index in [1.165, 1.54) is 0 Å². The zero-order valence-electron chi connectivity index (χ0n) is 15.9. The van der Waals surface area contributed by atoms with E-state index < -0.39 is 0 Å². The second kappa shape index (κ2) is 8.67. The molecule has 0 N–H and O–H groups in total. The Labute approximate surface area is 167 Å². The van der Waals surface area contributed by atoms with Gasteiger partial charge < -0.3 is 23.5 Å². The average Bonchev–Trinajstić information content (AvgIpc) is 3.23. The second-order valence-corrected chi connectivity index (χ2v) is 6.00. The van der Waals surface area contributed by atoms with Crippen molar-refractivity contribution in [2.24, 2.45) is 0 Å². The third-order valence-corrected chi connectivity index (χ3v) is 4.25. The van der Waals surface area contributed by atoms with E-state index in [0.29, 0.717) is 39.4 Å². The van der Waals surface area contributed by atoms with Gasteiger partial charge in [0.05, 0.1) is 34.0 Å². The monoisotopic (exact) mass is 402 g/mol. The molecule has 146 valence electrons. The van der Waals surface area contributed by atoms with Crippen molar-refractivity contribution in [2.75, 3.05) is 28.4 Å². The molecule has 3 aromatic rings. The number of aromatic nitrogens is 2. The molecule has 0 aliphatic heterocycles. The minimum absolute atomic E-state index is 0.185. The van der Waals surface area contributed by atoms with E-state index in [1.54, 1.807) is 64.8 Å². The summed E-state index contributed by atoms with van der Waals surface area (Å²) in [6, 6.07) is 10.7. The topological polar surface area (TPSA) is 75.8 Å². The Morgan fingerprint density at radius 2 is 1.64 bits per heavy atom. The van der Waals surface area contributed by atoms with E-state index in [1.807, 2.05) is 6.07 Å². The Balaban J connectivity index is 1.90. The van der Waals surface area contributed by atoms with Crippen molar-refractivity contribution in [3.63, 3.8) is 0 Å². The van der Waals surface area contributed by atoms with Crippen LogP contribution in [0.15, 0.2) is 40.9 Å². The minimum atomic E-state index is 0.185. The summed E-state index contributed by atoms with van der Waals surface area (Å²) in [5, 5.41) is 4.29. The largest absolute Gasteiger partial charge is 0.497 e. The number of nitrogens with zero attached hydrogens (tertiary/aromatic N) is 2. The third-order valence-electron chi connectivity index (χ3n) is 3.98. The van der Waals surface area contributed by atoms with Crippen LogP contribution in [-0.2, 0) is 0 Å². The molecule has 0 aliphatic carbocycles. The lowest BCUT2D eigenvalue weighted by Gasteiger charge is -2.07. The molecule has 7 nitrogen and oxygen atoms in total. The normalized spacial score (nSPS) is 11.2. The molecule has 0 amide bonds. The fraction of sp³-hybridized carbons (Fsp3) is 0.200. The van der Waals surface area contributed by atoms with Crippen molar-refractivity contribution in [1.82, 2.24) is 10.1 Å². The molecule has 1 heterocycles. The van der Waals surface area contributed by atoms with E-state index in [-0.39, 0.29) is 5.89 Å². The smallest absolute Gasteiger partial charge is 0.269 e. The lowest BCUT2D eigenvalue weighted by molar-refractivity contribution is 0.355. The van der Waals surface area contributed by atoms with Gasteiger partial charge in [0.25, 0.3) is 5.89 Å². The number of benzene rings is 2. The first-order valence-electron chi connectivity index (χ1n) is 8.25. The Morgan fingerprint density at radius 3 is 2.32 bits per heavy atom. The summed E-state index contributed by atoms with van der Waals surface area (Å²) in [4.78, 5) is 4.36. The Bertz CT molecular complexity index is 1000. The van der Waals surface area contributed by atoms with Crippen molar-refractivity contribution in [3.05, 3.63) is 47.9 Å². The highest BCUT2D eigenvalue weighted by Crippen LogP contribution is 2.33. The van der Waals surface area contributed by atoms with Crippen molar-refractivity contribution < 1.29 is 23.5 Å². The molecule has 8 heteroatoms. The fourth-order valence-corrected chi connectivity index (χ4v) is 2.77. The minimum Gasteiger partial charge on any atom is -0.497 e. The van der Waals surface area contributed by atoms with Crippen LogP contribution in [-0.4, -0.2) is 38.6 Å². The molecular formula is C20H19ClN2O5. The Hall–Kier alpha value is -3.19. The third kappa shape index (κ3) is 4.04. The lowest BCUT2D eigenvalue weighted by Crippen LogP contribution is -1.91. The predicted octanol–water partition coefficient (Wildman–Crippen LogP) is 4.51. The SMILES string of the molecule is COc1ccc(-c2noc(/C(Cl)=C/c3ccc(OC)c(OC)c3)n2)c(OC)c1. The van der Waals surface area contributed by atoms with Gasteiger partial charge in [-0.05, 0) is 35.9 Å². The van der Waals surface area contributed by atoms with Gasteiger partial charge in [-0.3, -0.25) is 0 Å². The van der Waals surface area contributed by atoms with Crippen LogP contribution >= 0.6 is 11.6 Å². The molecular weight excluding hydrogens is 384 g/mol. The number of hydrogen-bond acceptors (Lipinski definition) is 7. The highest BCUT2D eigenvalue weighted by molar-refractivity contribution is 6.50. The summed E-state index contributed by atoms with van der Waals surface area (Å²) in [7, 11) is 6.29. The van der Waals surface area contributed by atoms with E-state index in [9.17, 15) is 0 Å². The van der Waals surface area contributed by atoms with E-state index in [2.05, 4.69) is 10.1 Å². The van der Waals surface area contributed by atoms with Crippen molar-refractivity contribution in [2.45, 2.75) is 0 Å². The zero-order chi connectivity index (χ0) is 20.1. The molecule has 0 spiro atoms. The predicted molar refractivity (Wildman–Crippen MR) is 106 cm³/mol. The van der Waals surface area contributed by atoms with Crippen LogP contribution in [0, 0.1) is 0 Å². The van der Waals surface area contributed by atoms with Crippen LogP contribution in [0.5, 0.6) is 23.0 Å². The number of hydrogen-bond donors (Lipinski definition) is 0. The van der Waals surface area contributed by atoms with Gasteiger partial charge in [0.2, 0.25) is 5.82 Å². The summed E-state index contributed by atoms with van der Waals surface area (Å²) < 4.78 is 26.4. The van der Waals surface area contributed by atoms with Gasteiger partial charge in [-0.1, -0.05) is 22.8 Å². The maximum absolute atomic E-state index is 6.37. The second-order valence-electron chi connectivity index (χ2n) is 5.60. The quantitative estimate of drug-likeness (QED) is 0.575. The molecule has 3 rings (SSSR count). The average molecular weight is 403 g/mol. The highest BCUT2D eigenvalue weighted by Gasteiger charge is 2.16. The maximum atomic E-state index is 6.37. The van der Waals surface area contributed by atoms with Gasteiger partial charge in [-0.2, -0.15) is 4.98 Å². The van der Waals surface area contributed by atoms with Crippen molar-refractivity contribution in [3.8, 4) is 34.4 Å². The Morgan fingerprint density at radius 1 is 0.893 bits per heavy atom. The summed E-state index contributed by atoms with van der Waals surface area (Å²) in [5.74, 6) is 2.98. The molecule has 0 bridgehead atoms. The van der Waals surface area contributed by atoms with Gasteiger partial charge in [0.1, 0.15) is 16.5 Å². The van der Waals surface area contributed by atoms with Crippen LogP contribution in [0.3, 0.4) is 0 Å². The van der Waals surface area contributed by atoms with E-state index in [0.717, 1.165) is 5.56 Å². The van der Waals surface area contributed by atoms with Crippen LogP contribution in [0.4, 0.5) is 0 Å². The van der Waals surface area contributed by atoms with Crippen LogP contribution in [0.2, 0.25) is 0 Å². The van der Waals surface area contributed by atoms with Crippen LogP contribution in [0.1, 0.15) is 11.5 Å². The lowest BCUT2D eigenvalue weighted by atomic mass is 10.1. The molecule has 0 saturated heterocycles. The van der Waals surface area contributed by atoms with Gasteiger partial charge in [0.15, 0.2) is 11.5 Å². The molecule has 0 unspecified atom stereocenters. The highest BCUT2D eigenvalue weighted by atomic mass is 35.5. The van der Waals surface area contributed by atoms with E-state index in [4.69, 9.17) is 35.1 Å². The summed E-state index contributed by atoms with van der Waals surface area (Å²) >= 11 is 6.37. The maximum Gasteiger partial charge on any atom is 0.269 e. The van der Waals surface area contributed by atoms with Crippen molar-refractivity contribution >= 4 is 22.7 Å². The molecule has 0 saturated carbocycles. The molecule has 2 aromatic carbocycles. The molecule has 0 fully saturated rings. The molecule has 0 aliphatic rings. The van der Waals surface area contributed by atoms with Gasteiger partial charge >= 0.3 is 0 Å². The number of halogens is 1. The molecule has 1 aromatic heterocycles. The Kier molecular flexibility index (Phi) is 6.06. The van der Waals surface area contributed by atoms with Gasteiger partial charge in [0, 0.05) is 6.07 Å². The summed E-state index contributed by atoms with van der Waals surface area (Å²) in [6.45, 7) is 0. The standard InChI is InChI=1S/C20H19ClN2O5/c1-24-13-6-7-14(17(11-13)26-3)19-22-20(28-23-19)15(21)9-12-5-8-16(25-2)18(10-12)27-4/h5-11H,1-4H3/b15-9-. The summed E-state index contributed by atoms with van der Waals surface area (Å²) in [6.07, 6.45) is 1.70. The zero-order valence-corrected chi connectivity index (χ0v) is 16.6. The van der Waals surface area contributed by atoms with Gasteiger partial charge in [-0.25, -0.2) is 0 Å². The number of ether oxygens (including phenoxy) is 4. The number of rotatable bonds is 7. The first-order valence-corrected chi connectivity index (χ1v) is 8.63. The first-order chi connectivity index (χ1) is 13.6. The van der Waals surface area contributed by atoms with Crippen molar-refractivity contribution in [1.29, 1.82) is 0 Å². The van der Waals surface area contributed by atoms with Crippen LogP contribution in [0.25, 0.3) is 22.5 Å². The summed E-state index contributed by atoms with van der Waals surface area (Å²) in [5.41, 5.74) is 1.46.